The van der Waals surface area contributed by atoms with Gasteiger partial charge in [0, 0.05) is 37.7 Å². The molecular formula is C23H27ClN6O2. The molecule has 9 heteroatoms. The molecule has 168 valence electrons. The van der Waals surface area contributed by atoms with Gasteiger partial charge < -0.3 is 15.3 Å². The molecule has 3 heterocycles. The highest BCUT2D eigenvalue weighted by Gasteiger charge is 2.22. The maximum Gasteiger partial charge on any atom is 0.227 e. The van der Waals surface area contributed by atoms with Crippen LogP contribution in [-0.2, 0) is 17.6 Å². The second kappa shape index (κ2) is 9.67. The fourth-order valence-corrected chi connectivity index (χ4v) is 3.95. The lowest BCUT2D eigenvalue weighted by Crippen LogP contribution is -2.37. The van der Waals surface area contributed by atoms with E-state index in [1.807, 2.05) is 37.3 Å². The van der Waals surface area contributed by atoms with Crippen LogP contribution in [0, 0.1) is 6.92 Å². The average Bonchev–Trinajstić information content (AvgIpc) is 3.17. The largest absolute Gasteiger partial charge is 0.393 e. The van der Waals surface area contributed by atoms with E-state index < -0.39 is 0 Å². The monoisotopic (exact) mass is 454 g/mol. The molecule has 0 saturated carbocycles. The zero-order chi connectivity index (χ0) is 22.7. The van der Waals surface area contributed by atoms with Crippen LogP contribution in [-0.4, -0.2) is 50.2 Å². The second-order valence-corrected chi connectivity index (χ2v) is 8.66. The van der Waals surface area contributed by atoms with Gasteiger partial charge in [-0.2, -0.15) is 10.1 Å². The summed E-state index contributed by atoms with van der Waals surface area (Å²) in [6.07, 6.45) is 2.03. The fraction of sp³-hybridized carbons (Fsp3) is 0.391. The third kappa shape index (κ3) is 5.44. The third-order valence-corrected chi connectivity index (χ3v) is 5.85. The van der Waals surface area contributed by atoms with Crippen molar-refractivity contribution >= 4 is 35.0 Å². The molecule has 1 aliphatic rings. The van der Waals surface area contributed by atoms with E-state index in [1.165, 1.54) is 0 Å². The number of aliphatic hydroxyl groups excluding tert-OH is 1. The van der Waals surface area contributed by atoms with E-state index in [4.69, 9.17) is 16.6 Å². The van der Waals surface area contributed by atoms with E-state index in [1.54, 1.807) is 6.92 Å². The van der Waals surface area contributed by atoms with Gasteiger partial charge in [0.05, 0.1) is 11.8 Å². The predicted molar refractivity (Wildman–Crippen MR) is 125 cm³/mol. The Bertz CT molecular complexity index is 1090. The maximum atomic E-state index is 11.4. The number of anilines is 3. The Balaban J connectivity index is 1.64. The Kier molecular flexibility index (Phi) is 6.72. The number of Topliss-reactive ketones (excluding diaryl/α,β-unsaturated/α-hetero) is 1. The molecule has 0 aliphatic carbocycles. The lowest BCUT2D eigenvalue weighted by atomic mass is 10.0. The SMILES string of the molecule is CC(=O)Cc1ccc(Cc2nc(N3CCC(O)CC3)nc(Nc3cc(C)[nH]n3)c2Cl)cc1. The van der Waals surface area contributed by atoms with Crippen molar-refractivity contribution in [1.82, 2.24) is 20.2 Å². The number of aryl methyl sites for hydroxylation is 1. The van der Waals surface area contributed by atoms with E-state index in [0.717, 1.165) is 16.8 Å². The summed E-state index contributed by atoms with van der Waals surface area (Å²) in [6, 6.07) is 9.80. The summed E-state index contributed by atoms with van der Waals surface area (Å²) in [5.74, 6) is 1.84. The molecule has 3 N–H and O–H groups in total. The lowest BCUT2D eigenvalue weighted by molar-refractivity contribution is -0.116. The molecule has 3 aromatic rings. The number of aliphatic hydroxyl groups is 1. The van der Waals surface area contributed by atoms with Crippen molar-refractivity contribution in [3.8, 4) is 0 Å². The van der Waals surface area contributed by atoms with E-state index in [2.05, 4.69) is 25.4 Å². The number of benzene rings is 1. The van der Waals surface area contributed by atoms with Gasteiger partial charge in [0.25, 0.3) is 0 Å². The molecule has 0 amide bonds. The van der Waals surface area contributed by atoms with Crippen molar-refractivity contribution in [3.63, 3.8) is 0 Å². The molecule has 1 aliphatic heterocycles. The zero-order valence-electron chi connectivity index (χ0n) is 18.2. The smallest absolute Gasteiger partial charge is 0.227 e. The van der Waals surface area contributed by atoms with Crippen molar-refractivity contribution in [2.45, 2.75) is 45.6 Å². The number of piperidine rings is 1. The number of ketones is 1. The predicted octanol–water partition coefficient (Wildman–Crippen LogP) is 3.59. The van der Waals surface area contributed by atoms with Crippen LogP contribution < -0.4 is 10.2 Å². The minimum atomic E-state index is -0.281. The number of nitrogens with zero attached hydrogens (tertiary/aromatic N) is 4. The highest BCUT2D eigenvalue weighted by Crippen LogP contribution is 2.30. The fourth-order valence-electron chi connectivity index (χ4n) is 3.75. The number of carbonyl (C=O) groups excluding carboxylic acids is 1. The van der Waals surface area contributed by atoms with Gasteiger partial charge in [-0.05, 0) is 37.8 Å². The summed E-state index contributed by atoms with van der Waals surface area (Å²) in [6.45, 7) is 4.88. The van der Waals surface area contributed by atoms with E-state index >= 15 is 0 Å². The van der Waals surface area contributed by atoms with Crippen molar-refractivity contribution in [2.24, 2.45) is 0 Å². The standard InChI is InChI=1S/C23H27ClN6O2/c1-14-11-20(29-28-14)26-22-21(24)19(13-17-5-3-16(4-6-17)12-15(2)31)25-23(27-22)30-9-7-18(32)8-10-30/h3-6,11,18,32H,7-10,12-13H2,1-2H3,(H2,25,26,27,28,29). The Morgan fingerprint density at radius 3 is 2.53 bits per heavy atom. The molecule has 0 radical (unpaired) electrons. The molecule has 1 saturated heterocycles. The normalized spacial score (nSPS) is 14.6. The van der Waals surface area contributed by atoms with E-state index in [-0.39, 0.29) is 11.9 Å². The zero-order valence-corrected chi connectivity index (χ0v) is 19.0. The van der Waals surface area contributed by atoms with Crippen molar-refractivity contribution in [1.29, 1.82) is 0 Å². The van der Waals surface area contributed by atoms with Crippen LogP contribution in [0.5, 0.6) is 0 Å². The Morgan fingerprint density at radius 2 is 1.91 bits per heavy atom. The Hall–Kier alpha value is -2.97. The van der Waals surface area contributed by atoms with Crippen molar-refractivity contribution < 1.29 is 9.90 Å². The molecule has 32 heavy (non-hydrogen) atoms. The van der Waals surface area contributed by atoms with Gasteiger partial charge in [-0.1, -0.05) is 35.9 Å². The van der Waals surface area contributed by atoms with Gasteiger partial charge in [0.2, 0.25) is 5.95 Å². The quantitative estimate of drug-likeness (QED) is 0.500. The van der Waals surface area contributed by atoms with Crippen LogP contribution in [0.3, 0.4) is 0 Å². The highest BCUT2D eigenvalue weighted by molar-refractivity contribution is 6.33. The van der Waals surface area contributed by atoms with Crippen LogP contribution in [0.15, 0.2) is 30.3 Å². The third-order valence-electron chi connectivity index (χ3n) is 5.46. The highest BCUT2D eigenvalue weighted by atomic mass is 35.5. The number of halogens is 1. The van der Waals surface area contributed by atoms with Crippen LogP contribution in [0.2, 0.25) is 5.02 Å². The number of aromatic amines is 1. The number of H-pyrrole nitrogens is 1. The summed E-state index contributed by atoms with van der Waals surface area (Å²) in [7, 11) is 0. The average molecular weight is 455 g/mol. The van der Waals surface area contributed by atoms with Gasteiger partial charge in [0.1, 0.15) is 10.8 Å². The summed E-state index contributed by atoms with van der Waals surface area (Å²) in [5.41, 5.74) is 3.66. The molecule has 0 bridgehead atoms. The Morgan fingerprint density at radius 1 is 1.22 bits per heavy atom. The van der Waals surface area contributed by atoms with Crippen molar-refractivity contribution in [2.75, 3.05) is 23.3 Å². The van der Waals surface area contributed by atoms with Gasteiger partial charge >= 0.3 is 0 Å². The summed E-state index contributed by atoms with van der Waals surface area (Å²) in [5, 5.41) is 20.6. The number of aromatic nitrogens is 4. The summed E-state index contributed by atoms with van der Waals surface area (Å²) in [4.78, 5) is 22.9. The molecule has 4 rings (SSSR count). The molecular weight excluding hydrogens is 428 g/mol. The van der Waals surface area contributed by atoms with Gasteiger partial charge in [-0.15, -0.1) is 0 Å². The summed E-state index contributed by atoms with van der Waals surface area (Å²) < 4.78 is 0. The summed E-state index contributed by atoms with van der Waals surface area (Å²) >= 11 is 6.72. The molecule has 0 atom stereocenters. The molecule has 1 fully saturated rings. The maximum absolute atomic E-state index is 11.4. The first kappa shape index (κ1) is 22.2. The van der Waals surface area contributed by atoms with Crippen LogP contribution in [0.25, 0.3) is 0 Å². The molecule has 0 spiro atoms. The minimum Gasteiger partial charge on any atom is -0.393 e. The van der Waals surface area contributed by atoms with Crippen LogP contribution >= 0.6 is 11.6 Å². The first-order valence-corrected chi connectivity index (χ1v) is 11.1. The van der Waals surface area contributed by atoms with Crippen LogP contribution in [0.4, 0.5) is 17.6 Å². The van der Waals surface area contributed by atoms with Crippen LogP contribution in [0.1, 0.15) is 42.3 Å². The number of nitrogens with one attached hydrogen (secondary N) is 2. The first-order valence-electron chi connectivity index (χ1n) is 10.7. The first-order chi connectivity index (χ1) is 15.4. The van der Waals surface area contributed by atoms with Gasteiger partial charge in [0.15, 0.2) is 11.6 Å². The molecule has 0 unspecified atom stereocenters. The van der Waals surface area contributed by atoms with Gasteiger partial charge in [-0.3, -0.25) is 9.89 Å². The number of hydrogen-bond acceptors (Lipinski definition) is 7. The number of rotatable bonds is 7. The second-order valence-electron chi connectivity index (χ2n) is 8.28. The lowest BCUT2D eigenvalue weighted by Gasteiger charge is -2.30. The minimum absolute atomic E-state index is 0.136. The topological polar surface area (TPSA) is 107 Å². The number of carbonyl (C=O) groups is 1. The van der Waals surface area contributed by atoms with Gasteiger partial charge in [-0.25, -0.2) is 4.98 Å². The molecule has 2 aromatic heterocycles. The Labute approximate surface area is 192 Å². The molecule has 8 nitrogen and oxygen atoms in total. The van der Waals surface area contributed by atoms with E-state index in [9.17, 15) is 9.90 Å². The van der Waals surface area contributed by atoms with Crippen molar-refractivity contribution in [3.05, 3.63) is 57.9 Å². The molecule has 1 aromatic carbocycles. The number of hydrogen-bond donors (Lipinski definition) is 3. The van der Waals surface area contributed by atoms with E-state index in [0.29, 0.717) is 67.1 Å².